The van der Waals surface area contributed by atoms with Gasteiger partial charge in [-0.25, -0.2) is 9.37 Å². The Morgan fingerprint density at radius 1 is 0.919 bits per heavy atom. The smallest absolute Gasteiger partial charge is 0.256 e. The highest BCUT2D eigenvalue weighted by molar-refractivity contribution is 5.97. The first-order valence-corrected chi connectivity index (χ1v) is 12.8. The second kappa shape index (κ2) is 11.2. The van der Waals surface area contributed by atoms with Crippen molar-refractivity contribution in [3.8, 4) is 5.69 Å². The summed E-state index contributed by atoms with van der Waals surface area (Å²) in [5.74, 6) is 0.500. The van der Waals surface area contributed by atoms with Crippen molar-refractivity contribution in [2.24, 2.45) is 0 Å². The van der Waals surface area contributed by atoms with E-state index in [4.69, 9.17) is 4.98 Å². The van der Waals surface area contributed by atoms with Crippen LogP contribution in [0.3, 0.4) is 0 Å². The molecule has 1 amide bonds. The molecular formula is C31H31FN4O. The largest absolute Gasteiger partial charge is 0.331 e. The Morgan fingerprint density at radius 2 is 1.70 bits per heavy atom. The van der Waals surface area contributed by atoms with Crippen LogP contribution < -0.4 is 0 Å². The summed E-state index contributed by atoms with van der Waals surface area (Å²) < 4.78 is 18.0. The third-order valence-electron chi connectivity index (χ3n) is 6.63. The van der Waals surface area contributed by atoms with E-state index < -0.39 is 0 Å². The van der Waals surface area contributed by atoms with Gasteiger partial charge in [0.1, 0.15) is 11.6 Å². The van der Waals surface area contributed by atoms with Crippen molar-refractivity contribution in [2.45, 2.75) is 39.3 Å². The van der Waals surface area contributed by atoms with Gasteiger partial charge >= 0.3 is 0 Å². The monoisotopic (exact) mass is 494 g/mol. The molecule has 188 valence electrons. The van der Waals surface area contributed by atoms with Gasteiger partial charge < -0.3 is 14.0 Å². The number of para-hydroxylation sites is 3. The van der Waals surface area contributed by atoms with Crippen LogP contribution in [-0.2, 0) is 13.1 Å². The summed E-state index contributed by atoms with van der Waals surface area (Å²) in [6.07, 6.45) is 6.93. The highest BCUT2D eigenvalue weighted by atomic mass is 19.1. The molecule has 2 aromatic heterocycles. The molecule has 0 fully saturated rings. The van der Waals surface area contributed by atoms with E-state index in [9.17, 15) is 9.18 Å². The first-order chi connectivity index (χ1) is 18.1. The molecule has 0 unspecified atom stereocenters. The van der Waals surface area contributed by atoms with Crippen LogP contribution in [-0.4, -0.2) is 31.5 Å². The highest BCUT2D eigenvalue weighted by Crippen LogP contribution is 2.23. The second-order valence-corrected chi connectivity index (χ2v) is 9.27. The molecule has 0 spiro atoms. The quantitative estimate of drug-likeness (QED) is 0.199. The lowest BCUT2D eigenvalue weighted by Crippen LogP contribution is -2.33. The van der Waals surface area contributed by atoms with Gasteiger partial charge in [0.15, 0.2) is 0 Å². The first-order valence-electron chi connectivity index (χ1n) is 12.8. The molecule has 0 N–H and O–H groups in total. The highest BCUT2D eigenvalue weighted by Gasteiger charge is 2.22. The molecule has 5 aromatic rings. The van der Waals surface area contributed by atoms with Crippen LogP contribution in [0.1, 0.15) is 47.9 Å². The lowest BCUT2D eigenvalue weighted by Gasteiger charge is -2.24. The Balaban J connectivity index is 1.52. The predicted octanol–water partition coefficient (Wildman–Crippen LogP) is 6.85. The minimum absolute atomic E-state index is 0.0234. The van der Waals surface area contributed by atoms with Gasteiger partial charge in [0.05, 0.1) is 28.8 Å². The lowest BCUT2D eigenvalue weighted by molar-refractivity contribution is 0.0734. The van der Waals surface area contributed by atoms with Crippen LogP contribution in [0, 0.1) is 5.82 Å². The van der Waals surface area contributed by atoms with Gasteiger partial charge in [0.25, 0.3) is 5.91 Å². The van der Waals surface area contributed by atoms with Crippen LogP contribution in [0.15, 0.2) is 97.3 Å². The number of amides is 1. The van der Waals surface area contributed by atoms with Crippen LogP contribution >= 0.6 is 0 Å². The summed E-state index contributed by atoms with van der Waals surface area (Å²) in [6.45, 7) is 3.64. The summed E-state index contributed by atoms with van der Waals surface area (Å²) >= 11 is 0. The fourth-order valence-electron chi connectivity index (χ4n) is 4.76. The summed E-state index contributed by atoms with van der Waals surface area (Å²) in [5.41, 5.74) is 4.19. The van der Waals surface area contributed by atoms with Gasteiger partial charge in [-0.3, -0.25) is 4.79 Å². The van der Waals surface area contributed by atoms with E-state index in [1.54, 1.807) is 12.1 Å². The van der Waals surface area contributed by atoms with E-state index in [1.165, 1.54) is 6.07 Å². The zero-order valence-electron chi connectivity index (χ0n) is 21.1. The Labute approximate surface area is 216 Å². The number of benzene rings is 3. The molecule has 0 saturated carbocycles. The lowest BCUT2D eigenvalue weighted by atomic mass is 10.1. The SMILES string of the molecule is CCCCCN(Cc1nc2ccccc2n1Cc1cccc(F)c1)C(=O)c1ccccc1-n1cccc1. The number of carbonyl (C=O) groups excluding carboxylic acids is 1. The van der Waals surface area contributed by atoms with Gasteiger partial charge in [-0.2, -0.15) is 0 Å². The van der Waals surface area contributed by atoms with E-state index in [1.807, 2.05) is 88.6 Å². The number of rotatable bonds is 10. The molecule has 37 heavy (non-hydrogen) atoms. The number of hydrogen-bond acceptors (Lipinski definition) is 2. The topological polar surface area (TPSA) is 43.1 Å². The normalized spacial score (nSPS) is 11.2. The Morgan fingerprint density at radius 3 is 2.51 bits per heavy atom. The maximum Gasteiger partial charge on any atom is 0.256 e. The number of halogens is 1. The molecule has 2 heterocycles. The zero-order valence-corrected chi connectivity index (χ0v) is 21.1. The molecule has 0 aliphatic heterocycles. The molecule has 0 aliphatic rings. The second-order valence-electron chi connectivity index (χ2n) is 9.27. The van der Waals surface area contributed by atoms with E-state index in [0.29, 0.717) is 25.2 Å². The van der Waals surface area contributed by atoms with E-state index >= 15 is 0 Å². The Hall–Kier alpha value is -4.19. The number of imidazole rings is 1. The minimum Gasteiger partial charge on any atom is -0.331 e. The van der Waals surface area contributed by atoms with E-state index in [-0.39, 0.29) is 11.7 Å². The van der Waals surface area contributed by atoms with Crippen molar-refractivity contribution in [2.75, 3.05) is 6.54 Å². The maximum atomic E-state index is 14.0. The fourth-order valence-corrected chi connectivity index (χ4v) is 4.76. The summed E-state index contributed by atoms with van der Waals surface area (Å²) in [5, 5.41) is 0. The number of aromatic nitrogens is 3. The molecular weight excluding hydrogens is 463 g/mol. The van der Waals surface area contributed by atoms with Crippen molar-refractivity contribution in [3.05, 3.63) is 120 Å². The zero-order chi connectivity index (χ0) is 25.6. The minimum atomic E-state index is -0.263. The Kier molecular flexibility index (Phi) is 7.45. The predicted molar refractivity (Wildman–Crippen MR) is 145 cm³/mol. The fraction of sp³-hybridized carbons (Fsp3) is 0.226. The summed E-state index contributed by atoms with van der Waals surface area (Å²) in [6, 6.07) is 26.2. The molecule has 0 bridgehead atoms. The molecule has 3 aromatic carbocycles. The Bertz CT molecular complexity index is 1490. The van der Waals surface area contributed by atoms with Gasteiger partial charge in [-0.15, -0.1) is 0 Å². The maximum absolute atomic E-state index is 14.0. The van der Waals surface area contributed by atoms with Crippen molar-refractivity contribution in [1.29, 1.82) is 0 Å². The third-order valence-corrected chi connectivity index (χ3v) is 6.63. The number of nitrogens with zero attached hydrogens (tertiary/aromatic N) is 4. The van der Waals surface area contributed by atoms with Gasteiger partial charge in [-0.1, -0.05) is 56.2 Å². The van der Waals surface area contributed by atoms with Crippen molar-refractivity contribution < 1.29 is 9.18 Å². The molecule has 6 heteroatoms. The van der Waals surface area contributed by atoms with Gasteiger partial charge in [-0.05, 0) is 60.5 Å². The van der Waals surface area contributed by atoms with Crippen molar-refractivity contribution >= 4 is 16.9 Å². The number of hydrogen-bond donors (Lipinski definition) is 0. The standard InChI is InChI=1S/C31H31FN4O/c1-2-3-8-20-35(31(37)26-14-4-6-16-28(26)34-18-9-10-19-34)23-30-33-27-15-5-7-17-29(27)36(30)22-24-12-11-13-25(32)21-24/h4-7,9-19,21H,2-3,8,20,22-23H2,1H3. The van der Waals surface area contributed by atoms with Crippen LogP contribution in [0.25, 0.3) is 16.7 Å². The summed E-state index contributed by atoms with van der Waals surface area (Å²) in [4.78, 5) is 20.8. The molecule has 0 radical (unpaired) electrons. The van der Waals surface area contributed by atoms with E-state index in [0.717, 1.165) is 47.4 Å². The van der Waals surface area contributed by atoms with Crippen molar-refractivity contribution in [3.63, 3.8) is 0 Å². The first kappa shape index (κ1) is 24.5. The number of unbranched alkanes of at least 4 members (excludes halogenated alkanes) is 2. The van der Waals surface area contributed by atoms with E-state index in [2.05, 4.69) is 11.5 Å². The molecule has 5 nitrogen and oxygen atoms in total. The van der Waals surface area contributed by atoms with Crippen LogP contribution in [0.4, 0.5) is 4.39 Å². The molecule has 0 atom stereocenters. The van der Waals surface area contributed by atoms with Crippen LogP contribution in [0.5, 0.6) is 0 Å². The third kappa shape index (κ3) is 5.48. The molecule has 0 aliphatic carbocycles. The van der Waals surface area contributed by atoms with Gasteiger partial charge in [0.2, 0.25) is 0 Å². The molecule has 0 saturated heterocycles. The average molecular weight is 495 g/mol. The van der Waals surface area contributed by atoms with Gasteiger partial charge in [0, 0.05) is 25.5 Å². The number of carbonyl (C=O) groups is 1. The molecule has 5 rings (SSSR count). The average Bonchev–Trinajstić information content (AvgIpc) is 3.57. The summed E-state index contributed by atoms with van der Waals surface area (Å²) in [7, 11) is 0. The van der Waals surface area contributed by atoms with Crippen LogP contribution in [0.2, 0.25) is 0 Å². The number of fused-ring (bicyclic) bond motifs is 1. The van der Waals surface area contributed by atoms with Crippen molar-refractivity contribution in [1.82, 2.24) is 19.0 Å².